The first kappa shape index (κ1) is 14.8. The fourth-order valence-electron chi connectivity index (χ4n) is 1.74. The van der Waals surface area contributed by atoms with E-state index in [-0.39, 0.29) is 17.1 Å². The van der Waals surface area contributed by atoms with Crippen molar-refractivity contribution in [3.63, 3.8) is 0 Å². The minimum atomic E-state index is -4.85. The van der Waals surface area contributed by atoms with Crippen molar-refractivity contribution < 1.29 is 22.4 Å². The molecule has 0 spiro atoms. The van der Waals surface area contributed by atoms with Gasteiger partial charge in [-0.15, -0.1) is 0 Å². The van der Waals surface area contributed by atoms with Gasteiger partial charge in [-0.1, -0.05) is 0 Å². The van der Waals surface area contributed by atoms with Crippen molar-refractivity contribution in [3.8, 4) is 0 Å². The zero-order valence-corrected chi connectivity index (χ0v) is 10.7. The third-order valence-electron chi connectivity index (χ3n) is 2.71. The summed E-state index contributed by atoms with van der Waals surface area (Å²) in [4.78, 5) is 11.9. The van der Waals surface area contributed by atoms with Gasteiger partial charge in [0, 0.05) is 12.7 Å². The highest BCUT2D eigenvalue weighted by Crippen LogP contribution is 2.33. The number of nitrogens with one attached hydrogen (secondary N) is 1. The van der Waals surface area contributed by atoms with Crippen molar-refractivity contribution in [2.24, 2.45) is 7.05 Å². The summed E-state index contributed by atoms with van der Waals surface area (Å²) in [5.41, 5.74) is 3.95. The van der Waals surface area contributed by atoms with Crippen molar-refractivity contribution in [2.75, 3.05) is 11.1 Å². The Bertz CT molecular complexity index is 674. The molecule has 0 unspecified atom stereocenters. The van der Waals surface area contributed by atoms with Crippen LogP contribution in [0.15, 0.2) is 24.4 Å². The van der Waals surface area contributed by atoms with Crippen LogP contribution >= 0.6 is 0 Å². The van der Waals surface area contributed by atoms with E-state index in [0.717, 1.165) is 6.07 Å². The number of halogens is 4. The van der Waals surface area contributed by atoms with Crippen LogP contribution in [-0.4, -0.2) is 15.7 Å². The normalized spacial score (nSPS) is 11.5. The van der Waals surface area contributed by atoms with Crippen molar-refractivity contribution in [1.29, 1.82) is 0 Å². The maximum Gasteiger partial charge on any atom is 0.419 e. The highest BCUT2D eigenvalue weighted by Gasteiger charge is 2.34. The Labute approximate surface area is 116 Å². The van der Waals surface area contributed by atoms with E-state index in [9.17, 15) is 22.4 Å². The number of amides is 1. The largest absolute Gasteiger partial charge is 0.419 e. The molecule has 0 saturated heterocycles. The molecule has 0 aliphatic carbocycles. The van der Waals surface area contributed by atoms with Gasteiger partial charge in [-0.3, -0.25) is 9.48 Å². The van der Waals surface area contributed by atoms with E-state index in [2.05, 4.69) is 10.4 Å². The predicted octanol–water partition coefficient (Wildman–Crippen LogP) is 2.41. The molecule has 112 valence electrons. The fraction of sp³-hybridized carbons (Fsp3) is 0.167. The molecule has 0 fully saturated rings. The molecule has 2 rings (SSSR count). The maximum atomic E-state index is 13.1. The number of alkyl halides is 3. The quantitative estimate of drug-likeness (QED) is 0.837. The number of aromatic nitrogens is 2. The molecular weight excluding hydrogens is 292 g/mol. The fourth-order valence-corrected chi connectivity index (χ4v) is 1.74. The van der Waals surface area contributed by atoms with Crippen LogP contribution in [0.25, 0.3) is 0 Å². The van der Waals surface area contributed by atoms with Crippen LogP contribution in [0, 0.1) is 5.82 Å². The van der Waals surface area contributed by atoms with E-state index in [1.54, 1.807) is 0 Å². The molecule has 0 aliphatic heterocycles. The number of nitrogens with zero attached hydrogens (tertiary/aromatic N) is 2. The Morgan fingerprint density at radius 2 is 2.05 bits per heavy atom. The number of nitrogens with two attached hydrogens (primary N) is 1. The molecule has 9 heteroatoms. The van der Waals surface area contributed by atoms with Crippen LogP contribution in [0.3, 0.4) is 0 Å². The first-order chi connectivity index (χ1) is 9.70. The van der Waals surface area contributed by atoms with Gasteiger partial charge in [0.2, 0.25) is 0 Å². The van der Waals surface area contributed by atoms with Gasteiger partial charge in [0.15, 0.2) is 0 Å². The number of nitrogen functional groups attached to an aromatic ring is 1. The second-order valence-corrected chi connectivity index (χ2v) is 4.22. The highest BCUT2D eigenvalue weighted by molar-refractivity contribution is 6.06. The van der Waals surface area contributed by atoms with E-state index in [1.807, 2.05) is 0 Å². The Hall–Kier alpha value is -2.58. The third kappa shape index (κ3) is 2.96. The SMILES string of the molecule is Cn1ncc(N)c1C(=O)Nc1ccc(F)c(C(F)(F)F)c1. The smallest absolute Gasteiger partial charge is 0.396 e. The molecule has 0 saturated carbocycles. The lowest BCUT2D eigenvalue weighted by molar-refractivity contribution is -0.139. The van der Waals surface area contributed by atoms with Gasteiger partial charge in [-0.05, 0) is 18.2 Å². The molecule has 1 heterocycles. The average Bonchev–Trinajstić information content (AvgIpc) is 2.70. The number of hydrogen-bond acceptors (Lipinski definition) is 3. The van der Waals surface area contributed by atoms with Gasteiger partial charge in [0.25, 0.3) is 5.91 Å². The van der Waals surface area contributed by atoms with Crippen molar-refractivity contribution in [1.82, 2.24) is 9.78 Å². The van der Waals surface area contributed by atoms with Crippen LogP contribution in [0.2, 0.25) is 0 Å². The Kier molecular flexibility index (Phi) is 3.58. The number of rotatable bonds is 2. The van der Waals surface area contributed by atoms with Crippen molar-refractivity contribution in [2.45, 2.75) is 6.18 Å². The summed E-state index contributed by atoms with van der Waals surface area (Å²) in [6.07, 6.45) is -3.61. The standard InChI is InChI=1S/C12H10F4N4O/c1-20-10(9(17)5-18-20)11(21)19-6-2-3-8(13)7(4-6)12(14,15)16/h2-5H,17H2,1H3,(H,19,21). The third-order valence-corrected chi connectivity index (χ3v) is 2.71. The molecular formula is C12H10F4N4O. The molecule has 1 amide bonds. The monoisotopic (exact) mass is 302 g/mol. The van der Waals surface area contributed by atoms with Gasteiger partial charge in [0.1, 0.15) is 11.5 Å². The van der Waals surface area contributed by atoms with Gasteiger partial charge >= 0.3 is 6.18 Å². The molecule has 2 aromatic rings. The Balaban J connectivity index is 2.31. The summed E-state index contributed by atoms with van der Waals surface area (Å²) in [6.45, 7) is 0. The molecule has 0 radical (unpaired) electrons. The molecule has 0 bridgehead atoms. The molecule has 21 heavy (non-hydrogen) atoms. The minimum Gasteiger partial charge on any atom is -0.396 e. The summed E-state index contributed by atoms with van der Waals surface area (Å²) in [5, 5.41) is 5.96. The second kappa shape index (κ2) is 5.08. The minimum absolute atomic E-state index is 0.00659. The van der Waals surface area contributed by atoms with Crippen LogP contribution in [0.4, 0.5) is 28.9 Å². The summed E-state index contributed by atoms with van der Waals surface area (Å²) in [7, 11) is 1.46. The Morgan fingerprint density at radius 1 is 1.38 bits per heavy atom. The summed E-state index contributed by atoms with van der Waals surface area (Å²) < 4.78 is 52.1. The number of aryl methyl sites for hydroxylation is 1. The predicted molar refractivity (Wildman–Crippen MR) is 67.0 cm³/mol. The molecule has 1 aromatic carbocycles. The molecule has 1 aromatic heterocycles. The summed E-state index contributed by atoms with van der Waals surface area (Å²) >= 11 is 0. The van der Waals surface area contributed by atoms with Gasteiger partial charge in [-0.2, -0.15) is 18.3 Å². The van der Waals surface area contributed by atoms with E-state index in [4.69, 9.17) is 5.73 Å². The van der Waals surface area contributed by atoms with E-state index < -0.39 is 23.5 Å². The van der Waals surface area contributed by atoms with Crippen LogP contribution in [0.5, 0.6) is 0 Å². The highest BCUT2D eigenvalue weighted by atomic mass is 19.4. The summed E-state index contributed by atoms with van der Waals surface area (Å²) in [5.74, 6) is -2.16. The van der Waals surface area contributed by atoms with Gasteiger partial charge in [0.05, 0.1) is 17.4 Å². The topological polar surface area (TPSA) is 72.9 Å². The second-order valence-electron chi connectivity index (χ2n) is 4.22. The molecule has 3 N–H and O–H groups in total. The lowest BCUT2D eigenvalue weighted by atomic mass is 10.1. The lowest BCUT2D eigenvalue weighted by Crippen LogP contribution is -2.18. The number of carbonyl (C=O) groups excluding carboxylic acids is 1. The average molecular weight is 302 g/mol. The first-order valence-corrected chi connectivity index (χ1v) is 5.65. The van der Waals surface area contributed by atoms with Crippen LogP contribution < -0.4 is 11.1 Å². The number of benzene rings is 1. The molecule has 0 aliphatic rings. The van der Waals surface area contributed by atoms with E-state index in [1.165, 1.54) is 17.9 Å². The summed E-state index contributed by atoms with van der Waals surface area (Å²) in [6, 6.07) is 2.17. The van der Waals surface area contributed by atoms with Crippen LogP contribution in [-0.2, 0) is 13.2 Å². The van der Waals surface area contributed by atoms with E-state index in [0.29, 0.717) is 12.1 Å². The number of hydrogen-bond donors (Lipinski definition) is 2. The zero-order chi connectivity index (χ0) is 15.8. The van der Waals surface area contributed by atoms with Crippen molar-refractivity contribution in [3.05, 3.63) is 41.5 Å². The first-order valence-electron chi connectivity index (χ1n) is 5.65. The molecule has 0 atom stereocenters. The lowest BCUT2D eigenvalue weighted by Gasteiger charge is -2.11. The van der Waals surface area contributed by atoms with Crippen molar-refractivity contribution >= 4 is 17.3 Å². The van der Waals surface area contributed by atoms with Crippen LogP contribution in [0.1, 0.15) is 16.1 Å². The van der Waals surface area contributed by atoms with E-state index >= 15 is 0 Å². The van der Waals surface area contributed by atoms with Gasteiger partial charge < -0.3 is 11.1 Å². The zero-order valence-electron chi connectivity index (χ0n) is 10.7. The number of anilines is 2. The van der Waals surface area contributed by atoms with Gasteiger partial charge in [-0.25, -0.2) is 4.39 Å². The maximum absolute atomic E-state index is 13.1. The number of carbonyl (C=O) groups is 1. The Morgan fingerprint density at radius 3 is 2.57 bits per heavy atom. The molecule has 5 nitrogen and oxygen atoms in total.